The molecule has 0 unspecified atom stereocenters. The monoisotopic (exact) mass is 280 g/mol. The first-order valence-corrected chi connectivity index (χ1v) is 7.58. The van der Waals surface area contributed by atoms with Crippen LogP contribution < -0.4 is 5.32 Å². The fourth-order valence-corrected chi connectivity index (χ4v) is 3.37. The predicted octanol–water partition coefficient (Wildman–Crippen LogP) is 2.07. The molecule has 0 spiro atoms. The number of hydrogen-bond donors (Lipinski definition) is 1. The van der Waals surface area contributed by atoms with E-state index in [0.717, 1.165) is 5.56 Å². The molecular formula is C14H20N2O2S. The molecule has 1 saturated heterocycles. The van der Waals surface area contributed by atoms with Gasteiger partial charge in [0.2, 0.25) is 11.8 Å². The third-order valence-electron chi connectivity index (χ3n) is 3.94. The smallest absolute Gasteiger partial charge is 0.249 e. The van der Waals surface area contributed by atoms with Crippen molar-refractivity contribution in [2.75, 3.05) is 6.54 Å². The summed E-state index contributed by atoms with van der Waals surface area (Å²) in [6.07, 6.45) is 1.26. The number of hydrogen-bond acceptors (Lipinski definition) is 3. The molecule has 2 rings (SSSR count). The molecule has 1 aromatic rings. The SMILES string of the molecule is CCC1(CC)NC(=O)CN(Cc2cscc2C)C1=O. The number of nitrogens with one attached hydrogen (secondary N) is 1. The van der Waals surface area contributed by atoms with E-state index in [9.17, 15) is 9.59 Å². The van der Waals surface area contributed by atoms with Gasteiger partial charge in [-0.1, -0.05) is 13.8 Å². The second-order valence-electron chi connectivity index (χ2n) is 5.08. The molecule has 1 N–H and O–H groups in total. The van der Waals surface area contributed by atoms with Crippen LogP contribution in [0.15, 0.2) is 10.8 Å². The lowest BCUT2D eigenvalue weighted by atomic mass is 9.88. The molecule has 5 heteroatoms. The predicted molar refractivity (Wildman–Crippen MR) is 75.9 cm³/mol. The molecule has 104 valence electrons. The van der Waals surface area contributed by atoms with Crippen LogP contribution in [0.1, 0.15) is 37.8 Å². The molecule has 0 radical (unpaired) electrons. The number of carbonyl (C=O) groups is 2. The molecule has 2 heterocycles. The van der Waals surface area contributed by atoms with Gasteiger partial charge in [-0.05, 0) is 41.7 Å². The molecule has 1 aromatic heterocycles. The average Bonchev–Trinajstić information content (AvgIpc) is 2.79. The molecule has 1 aliphatic rings. The summed E-state index contributed by atoms with van der Waals surface area (Å²) in [5, 5.41) is 6.99. The number of nitrogens with zero attached hydrogens (tertiary/aromatic N) is 1. The van der Waals surface area contributed by atoms with Gasteiger partial charge < -0.3 is 10.2 Å². The Labute approximate surface area is 117 Å². The summed E-state index contributed by atoms with van der Waals surface area (Å²) >= 11 is 1.63. The van der Waals surface area contributed by atoms with E-state index in [4.69, 9.17) is 0 Å². The number of amides is 2. The number of carbonyl (C=O) groups excluding carboxylic acids is 2. The van der Waals surface area contributed by atoms with Gasteiger partial charge in [-0.15, -0.1) is 0 Å². The minimum absolute atomic E-state index is 0.0442. The zero-order valence-corrected chi connectivity index (χ0v) is 12.5. The van der Waals surface area contributed by atoms with Gasteiger partial charge in [0, 0.05) is 6.54 Å². The zero-order chi connectivity index (χ0) is 14.0. The van der Waals surface area contributed by atoms with Gasteiger partial charge in [0.05, 0.1) is 6.54 Å². The molecule has 0 aromatic carbocycles. The van der Waals surface area contributed by atoms with Crippen LogP contribution in [-0.2, 0) is 16.1 Å². The van der Waals surface area contributed by atoms with Gasteiger partial charge in [0.1, 0.15) is 5.54 Å². The minimum atomic E-state index is -0.709. The van der Waals surface area contributed by atoms with Crippen molar-refractivity contribution in [1.29, 1.82) is 0 Å². The average molecular weight is 280 g/mol. The van der Waals surface area contributed by atoms with Crippen molar-refractivity contribution in [2.24, 2.45) is 0 Å². The molecule has 1 aliphatic heterocycles. The van der Waals surface area contributed by atoms with E-state index in [1.807, 2.05) is 20.8 Å². The summed E-state index contributed by atoms with van der Waals surface area (Å²) in [5.41, 5.74) is 1.61. The third-order valence-corrected chi connectivity index (χ3v) is 4.85. The van der Waals surface area contributed by atoms with E-state index in [1.54, 1.807) is 16.2 Å². The van der Waals surface area contributed by atoms with Crippen molar-refractivity contribution in [2.45, 2.75) is 45.7 Å². The van der Waals surface area contributed by atoms with Crippen molar-refractivity contribution < 1.29 is 9.59 Å². The number of rotatable bonds is 4. The highest BCUT2D eigenvalue weighted by molar-refractivity contribution is 7.08. The molecular weight excluding hydrogens is 260 g/mol. The second-order valence-corrected chi connectivity index (χ2v) is 5.82. The van der Waals surface area contributed by atoms with Gasteiger partial charge in [-0.3, -0.25) is 9.59 Å². The Hall–Kier alpha value is -1.36. The quantitative estimate of drug-likeness (QED) is 0.918. The lowest BCUT2D eigenvalue weighted by molar-refractivity contribution is -0.151. The molecule has 0 atom stereocenters. The minimum Gasteiger partial charge on any atom is -0.340 e. The molecule has 2 amide bonds. The van der Waals surface area contributed by atoms with E-state index in [-0.39, 0.29) is 18.4 Å². The normalized spacial score (nSPS) is 18.6. The van der Waals surface area contributed by atoms with Crippen LogP contribution >= 0.6 is 11.3 Å². The topological polar surface area (TPSA) is 49.4 Å². The highest BCUT2D eigenvalue weighted by atomic mass is 32.1. The van der Waals surface area contributed by atoms with Gasteiger partial charge in [0.15, 0.2) is 0 Å². The zero-order valence-electron chi connectivity index (χ0n) is 11.7. The van der Waals surface area contributed by atoms with Gasteiger partial charge >= 0.3 is 0 Å². The van der Waals surface area contributed by atoms with Crippen molar-refractivity contribution in [3.05, 3.63) is 21.9 Å². The summed E-state index contributed by atoms with van der Waals surface area (Å²) in [4.78, 5) is 26.2. The first-order valence-electron chi connectivity index (χ1n) is 6.64. The van der Waals surface area contributed by atoms with Crippen LogP contribution in [0, 0.1) is 6.92 Å². The Morgan fingerprint density at radius 3 is 2.53 bits per heavy atom. The maximum atomic E-state index is 12.6. The number of piperazine rings is 1. The van der Waals surface area contributed by atoms with Crippen LogP contribution in [0.2, 0.25) is 0 Å². The molecule has 0 saturated carbocycles. The summed E-state index contributed by atoms with van der Waals surface area (Å²) in [6, 6.07) is 0. The summed E-state index contributed by atoms with van der Waals surface area (Å²) in [5.74, 6) is -0.0149. The first-order chi connectivity index (χ1) is 9.02. The van der Waals surface area contributed by atoms with E-state index in [0.29, 0.717) is 19.4 Å². The standard InChI is InChI=1S/C14H20N2O2S/c1-4-14(5-2)13(18)16(7-12(17)15-14)6-11-9-19-8-10(11)3/h8-9H,4-7H2,1-3H3,(H,15,17). The highest BCUT2D eigenvalue weighted by Gasteiger charge is 2.43. The van der Waals surface area contributed by atoms with E-state index >= 15 is 0 Å². The third kappa shape index (κ3) is 2.52. The number of aryl methyl sites for hydroxylation is 1. The van der Waals surface area contributed by atoms with E-state index < -0.39 is 5.54 Å². The van der Waals surface area contributed by atoms with Crippen LogP contribution in [0.3, 0.4) is 0 Å². The van der Waals surface area contributed by atoms with Crippen LogP contribution in [0.4, 0.5) is 0 Å². The van der Waals surface area contributed by atoms with Crippen molar-refractivity contribution in [3.8, 4) is 0 Å². The van der Waals surface area contributed by atoms with E-state index in [2.05, 4.69) is 16.1 Å². The lowest BCUT2D eigenvalue weighted by Gasteiger charge is -2.41. The van der Waals surface area contributed by atoms with Crippen LogP contribution in [0.5, 0.6) is 0 Å². The molecule has 1 fully saturated rings. The highest BCUT2D eigenvalue weighted by Crippen LogP contribution is 2.25. The molecule has 4 nitrogen and oxygen atoms in total. The van der Waals surface area contributed by atoms with Gasteiger partial charge in [-0.2, -0.15) is 11.3 Å². The Balaban J connectivity index is 2.23. The fraction of sp³-hybridized carbons (Fsp3) is 0.571. The number of thiophene rings is 1. The summed E-state index contributed by atoms with van der Waals surface area (Å²) in [6.45, 7) is 6.62. The van der Waals surface area contributed by atoms with Gasteiger partial charge in [0.25, 0.3) is 0 Å². The lowest BCUT2D eigenvalue weighted by Crippen LogP contribution is -2.65. The molecule has 0 aliphatic carbocycles. The largest absolute Gasteiger partial charge is 0.340 e. The van der Waals surface area contributed by atoms with Crippen LogP contribution in [-0.4, -0.2) is 28.8 Å². The summed E-state index contributed by atoms with van der Waals surface area (Å²) < 4.78 is 0. The second kappa shape index (κ2) is 5.33. The maximum Gasteiger partial charge on any atom is 0.249 e. The maximum absolute atomic E-state index is 12.6. The Kier molecular flexibility index (Phi) is 3.94. The summed E-state index contributed by atoms with van der Waals surface area (Å²) in [7, 11) is 0. The van der Waals surface area contributed by atoms with Crippen LogP contribution in [0.25, 0.3) is 0 Å². The molecule has 19 heavy (non-hydrogen) atoms. The molecule has 0 bridgehead atoms. The van der Waals surface area contributed by atoms with Crippen molar-refractivity contribution in [3.63, 3.8) is 0 Å². The van der Waals surface area contributed by atoms with Crippen molar-refractivity contribution in [1.82, 2.24) is 10.2 Å². The van der Waals surface area contributed by atoms with Crippen molar-refractivity contribution >= 4 is 23.2 Å². The fourth-order valence-electron chi connectivity index (χ4n) is 2.52. The Bertz CT molecular complexity index is 491. The van der Waals surface area contributed by atoms with E-state index in [1.165, 1.54) is 5.56 Å². The van der Waals surface area contributed by atoms with Gasteiger partial charge in [-0.25, -0.2) is 0 Å². The Morgan fingerprint density at radius 2 is 2.00 bits per heavy atom. The Morgan fingerprint density at radius 1 is 1.32 bits per heavy atom. The first kappa shape index (κ1) is 14.1.